The van der Waals surface area contributed by atoms with Gasteiger partial charge in [0.25, 0.3) is 0 Å². The van der Waals surface area contributed by atoms with Crippen LogP contribution in [0, 0.1) is 0 Å². The third kappa shape index (κ3) is 42.9. The van der Waals surface area contributed by atoms with E-state index in [0.717, 1.165) is 109 Å². The first-order chi connectivity index (χ1) is 28.5. The molecular formula is C52H80O6. The number of carbonyl (C=O) groups is 3. The fourth-order valence-corrected chi connectivity index (χ4v) is 5.51. The molecule has 0 aliphatic rings. The van der Waals surface area contributed by atoms with Crippen molar-refractivity contribution in [1.82, 2.24) is 0 Å². The number of esters is 3. The lowest BCUT2D eigenvalue weighted by atomic mass is 10.1. The number of carbonyl (C=O) groups excluding carboxylic acids is 3. The Hall–Kier alpha value is -4.19. The summed E-state index contributed by atoms with van der Waals surface area (Å²) < 4.78 is 16.6. The highest BCUT2D eigenvalue weighted by Crippen LogP contribution is 2.12. The van der Waals surface area contributed by atoms with E-state index in [-0.39, 0.29) is 37.5 Å². The van der Waals surface area contributed by atoms with Crippen LogP contribution in [0.25, 0.3) is 0 Å². The Morgan fingerprint density at radius 1 is 0.362 bits per heavy atom. The minimum Gasteiger partial charge on any atom is -0.462 e. The molecule has 0 bridgehead atoms. The number of allylic oxidation sites excluding steroid dienone is 20. The molecule has 0 aliphatic heterocycles. The predicted molar refractivity (Wildman–Crippen MR) is 246 cm³/mol. The van der Waals surface area contributed by atoms with E-state index in [1.807, 2.05) is 48.6 Å². The number of rotatable bonds is 38. The van der Waals surface area contributed by atoms with Crippen LogP contribution in [0.2, 0.25) is 0 Å². The maximum atomic E-state index is 12.7. The van der Waals surface area contributed by atoms with E-state index >= 15 is 0 Å². The average Bonchev–Trinajstić information content (AvgIpc) is 3.22. The molecule has 0 spiro atoms. The standard InChI is InChI=1S/C52H80O6/c1-4-7-10-13-16-19-21-23-25-27-28-30-33-36-39-42-45-51(54)57-48-49(47-56-50(53)44-41-38-35-32-18-15-12-9-6-3)58-52(55)46-43-40-37-34-31-29-26-24-22-20-17-14-11-8-5-2/h7-12,14,16-20,22-26,29,31-32,49H,4-6,13,15,21,27-28,30,33-48H2,1-3H3/b10-7-,11-8-,12-9-,17-14-,19-16-,22-20-,25-23-,26-24-,31-29-,32-18-. The van der Waals surface area contributed by atoms with E-state index in [1.54, 1.807) is 0 Å². The lowest BCUT2D eigenvalue weighted by Gasteiger charge is -2.18. The summed E-state index contributed by atoms with van der Waals surface area (Å²) >= 11 is 0. The third-order valence-electron chi connectivity index (χ3n) is 8.82. The summed E-state index contributed by atoms with van der Waals surface area (Å²) in [5.41, 5.74) is 0. The van der Waals surface area contributed by atoms with Gasteiger partial charge in [0.2, 0.25) is 0 Å². The summed E-state index contributed by atoms with van der Waals surface area (Å²) in [5.74, 6) is -1.02. The van der Waals surface area contributed by atoms with Gasteiger partial charge in [-0.25, -0.2) is 0 Å². The van der Waals surface area contributed by atoms with Gasteiger partial charge >= 0.3 is 17.9 Å². The van der Waals surface area contributed by atoms with Gasteiger partial charge in [-0.2, -0.15) is 0 Å². The van der Waals surface area contributed by atoms with Crippen LogP contribution in [0.1, 0.15) is 168 Å². The zero-order chi connectivity index (χ0) is 42.3. The van der Waals surface area contributed by atoms with Gasteiger partial charge < -0.3 is 14.2 Å². The summed E-state index contributed by atoms with van der Waals surface area (Å²) in [5, 5.41) is 0. The monoisotopic (exact) mass is 801 g/mol. The van der Waals surface area contributed by atoms with Gasteiger partial charge in [-0.1, -0.05) is 174 Å². The van der Waals surface area contributed by atoms with Crippen LogP contribution in [0.4, 0.5) is 0 Å². The number of hydrogen-bond acceptors (Lipinski definition) is 6. The highest BCUT2D eigenvalue weighted by atomic mass is 16.6. The van der Waals surface area contributed by atoms with Gasteiger partial charge in [0, 0.05) is 19.3 Å². The Morgan fingerprint density at radius 3 is 1.22 bits per heavy atom. The quantitative estimate of drug-likeness (QED) is 0.0203. The van der Waals surface area contributed by atoms with Crippen LogP contribution in [0.3, 0.4) is 0 Å². The van der Waals surface area contributed by atoms with Crippen LogP contribution in [-0.2, 0) is 28.6 Å². The molecule has 0 fully saturated rings. The van der Waals surface area contributed by atoms with Crippen molar-refractivity contribution in [3.05, 3.63) is 122 Å². The molecule has 0 amide bonds. The molecule has 0 aromatic heterocycles. The Bertz CT molecular complexity index is 1290. The second-order valence-electron chi connectivity index (χ2n) is 14.3. The summed E-state index contributed by atoms with van der Waals surface area (Å²) in [4.78, 5) is 37.7. The molecule has 58 heavy (non-hydrogen) atoms. The fraction of sp³-hybridized carbons (Fsp3) is 0.558. The molecule has 0 rings (SSSR count). The number of hydrogen-bond donors (Lipinski definition) is 0. The van der Waals surface area contributed by atoms with E-state index in [9.17, 15) is 14.4 Å². The summed E-state index contributed by atoms with van der Waals surface area (Å²) in [6.45, 7) is 6.14. The lowest BCUT2D eigenvalue weighted by Crippen LogP contribution is -2.30. The minimum atomic E-state index is -0.820. The zero-order valence-electron chi connectivity index (χ0n) is 36.8. The third-order valence-corrected chi connectivity index (χ3v) is 8.82. The summed E-state index contributed by atoms with van der Waals surface area (Å²) in [7, 11) is 0. The van der Waals surface area contributed by atoms with Crippen LogP contribution >= 0.6 is 0 Å². The van der Waals surface area contributed by atoms with E-state index in [4.69, 9.17) is 14.2 Å². The van der Waals surface area contributed by atoms with E-state index < -0.39 is 6.10 Å². The topological polar surface area (TPSA) is 78.9 Å². The molecule has 0 saturated heterocycles. The minimum absolute atomic E-state index is 0.117. The summed E-state index contributed by atoms with van der Waals surface area (Å²) in [6.07, 6.45) is 61.9. The molecule has 0 radical (unpaired) electrons. The Morgan fingerprint density at radius 2 is 0.707 bits per heavy atom. The van der Waals surface area contributed by atoms with Gasteiger partial charge in [0.05, 0.1) is 0 Å². The second kappa shape index (κ2) is 45.5. The highest BCUT2D eigenvalue weighted by Gasteiger charge is 2.19. The Kier molecular flexibility index (Phi) is 42.2. The smallest absolute Gasteiger partial charge is 0.306 e. The van der Waals surface area contributed by atoms with Crippen LogP contribution < -0.4 is 0 Å². The molecule has 324 valence electrons. The van der Waals surface area contributed by atoms with Crippen molar-refractivity contribution in [2.75, 3.05) is 13.2 Å². The molecule has 0 N–H and O–H groups in total. The largest absolute Gasteiger partial charge is 0.462 e. The number of ether oxygens (including phenoxy) is 3. The van der Waals surface area contributed by atoms with Crippen molar-refractivity contribution in [3.63, 3.8) is 0 Å². The first-order valence-corrected chi connectivity index (χ1v) is 22.6. The van der Waals surface area contributed by atoms with E-state index in [0.29, 0.717) is 19.3 Å². The lowest BCUT2D eigenvalue weighted by molar-refractivity contribution is -0.167. The second-order valence-corrected chi connectivity index (χ2v) is 14.3. The maximum Gasteiger partial charge on any atom is 0.306 e. The molecule has 0 aliphatic carbocycles. The molecule has 0 aromatic rings. The van der Waals surface area contributed by atoms with Crippen molar-refractivity contribution in [1.29, 1.82) is 0 Å². The highest BCUT2D eigenvalue weighted by molar-refractivity contribution is 5.71. The van der Waals surface area contributed by atoms with Gasteiger partial charge in [0.1, 0.15) is 13.2 Å². The first-order valence-electron chi connectivity index (χ1n) is 22.6. The molecule has 0 heterocycles. The van der Waals surface area contributed by atoms with E-state index in [2.05, 4.69) is 93.7 Å². The van der Waals surface area contributed by atoms with Crippen molar-refractivity contribution < 1.29 is 28.6 Å². The van der Waals surface area contributed by atoms with Gasteiger partial charge in [0.15, 0.2) is 6.10 Å². The van der Waals surface area contributed by atoms with Crippen molar-refractivity contribution in [2.24, 2.45) is 0 Å². The molecule has 6 heteroatoms. The first kappa shape index (κ1) is 53.8. The van der Waals surface area contributed by atoms with Crippen LogP contribution in [0.15, 0.2) is 122 Å². The van der Waals surface area contributed by atoms with Crippen LogP contribution in [-0.4, -0.2) is 37.2 Å². The van der Waals surface area contributed by atoms with E-state index in [1.165, 1.54) is 12.8 Å². The molecule has 0 aromatic carbocycles. The van der Waals surface area contributed by atoms with Gasteiger partial charge in [-0.3, -0.25) is 14.4 Å². The molecule has 1 unspecified atom stereocenters. The molecular weight excluding hydrogens is 721 g/mol. The van der Waals surface area contributed by atoms with Crippen LogP contribution in [0.5, 0.6) is 0 Å². The average molecular weight is 801 g/mol. The number of unbranched alkanes of at least 4 members (excludes halogenated alkanes) is 11. The molecule has 6 nitrogen and oxygen atoms in total. The Labute approximate surface area is 354 Å². The van der Waals surface area contributed by atoms with Crippen molar-refractivity contribution in [2.45, 2.75) is 175 Å². The molecule has 1 atom stereocenters. The zero-order valence-corrected chi connectivity index (χ0v) is 36.8. The molecule has 0 saturated carbocycles. The normalized spacial score (nSPS) is 13.2. The maximum absolute atomic E-state index is 12.7. The Balaban J connectivity index is 4.51. The summed E-state index contributed by atoms with van der Waals surface area (Å²) in [6, 6.07) is 0. The van der Waals surface area contributed by atoms with Gasteiger partial charge in [-0.05, 0) is 96.3 Å². The van der Waals surface area contributed by atoms with Crippen molar-refractivity contribution >= 4 is 17.9 Å². The fourth-order valence-electron chi connectivity index (χ4n) is 5.51. The SMILES string of the molecule is CC\C=C/C=C\C=C/C=C\C=C/CCCCCC(=O)OC(COC(=O)CCCC/C=C\C/C=C\CC)COC(=O)CCCCCCCC/C=C\C/C=C\C/C=C\CC. The van der Waals surface area contributed by atoms with Gasteiger partial charge in [-0.15, -0.1) is 0 Å². The predicted octanol–water partition coefficient (Wildman–Crippen LogP) is 14.6. The van der Waals surface area contributed by atoms with Crippen molar-refractivity contribution in [3.8, 4) is 0 Å².